The molecule has 8 nitrogen and oxygen atoms in total. The average molecular weight is 384 g/mol. The number of rotatable bonds is 6. The van der Waals surface area contributed by atoms with Crippen molar-refractivity contribution in [3.8, 4) is 0 Å². The number of piperidine rings is 1. The molecule has 28 heavy (non-hydrogen) atoms. The number of amides is 2. The second kappa shape index (κ2) is 8.79. The van der Waals surface area contributed by atoms with Gasteiger partial charge in [-0.1, -0.05) is 30.3 Å². The molecule has 0 spiro atoms. The highest BCUT2D eigenvalue weighted by molar-refractivity contribution is 6.35. The van der Waals surface area contributed by atoms with E-state index in [0.29, 0.717) is 31.7 Å². The van der Waals surface area contributed by atoms with Crippen molar-refractivity contribution in [3.63, 3.8) is 0 Å². The molecule has 1 aliphatic rings. The highest BCUT2D eigenvalue weighted by Crippen LogP contribution is 2.26. The van der Waals surface area contributed by atoms with Crippen molar-refractivity contribution in [2.75, 3.05) is 25.5 Å². The van der Waals surface area contributed by atoms with Gasteiger partial charge in [0.1, 0.15) is 5.82 Å². The Kier molecular flexibility index (Phi) is 6.20. The van der Waals surface area contributed by atoms with Gasteiger partial charge < -0.3 is 15.0 Å². The van der Waals surface area contributed by atoms with Gasteiger partial charge in [0.25, 0.3) is 11.8 Å². The third-order valence-electron chi connectivity index (χ3n) is 4.90. The van der Waals surface area contributed by atoms with E-state index in [4.69, 9.17) is 4.74 Å². The van der Waals surface area contributed by atoms with Crippen LogP contribution in [0.4, 0.5) is 5.82 Å². The van der Waals surface area contributed by atoms with Crippen molar-refractivity contribution in [1.82, 2.24) is 14.7 Å². The maximum Gasteiger partial charge on any atom is 0.289 e. The van der Waals surface area contributed by atoms with Gasteiger partial charge in [-0.25, -0.2) is 4.68 Å². The van der Waals surface area contributed by atoms with Crippen LogP contribution >= 0.6 is 0 Å². The highest BCUT2D eigenvalue weighted by Gasteiger charge is 2.28. The lowest BCUT2D eigenvalue weighted by molar-refractivity contribution is -0.144. The van der Waals surface area contributed by atoms with Gasteiger partial charge in [-0.05, 0) is 18.4 Å². The number of likely N-dealkylation sites (tertiary alicyclic amines) is 1. The monoisotopic (exact) mass is 384 g/mol. The molecule has 1 atom stereocenters. The third-order valence-corrected chi connectivity index (χ3v) is 4.90. The summed E-state index contributed by atoms with van der Waals surface area (Å²) >= 11 is 0. The van der Waals surface area contributed by atoms with Crippen molar-refractivity contribution >= 4 is 23.4 Å². The smallest absolute Gasteiger partial charge is 0.289 e. The van der Waals surface area contributed by atoms with Crippen LogP contribution in [0.15, 0.2) is 42.6 Å². The first-order valence-electron chi connectivity index (χ1n) is 9.23. The van der Waals surface area contributed by atoms with E-state index in [-0.39, 0.29) is 11.9 Å². The number of carbonyl (C=O) groups is 3. The van der Waals surface area contributed by atoms with E-state index in [9.17, 15) is 14.4 Å². The zero-order chi connectivity index (χ0) is 20.1. The van der Waals surface area contributed by atoms with Crippen molar-refractivity contribution in [2.45, 2.75) is 31.9 Å². The molecule has 1 N–H and O–H groups in total. The molecule has 1 aromatic carbocycles. The number of carbonyl (C=O) groups excluding carboxylic acids is 3. The number of methoxy groups -OCH3 is 1. The van der Waals surface area contributed by atoms with Crippen LogP contribution in [-0.4, -0.2) is 52.5 Å². The van der Waals surface area contributed by atoms with Crippen molar-refractivity contribution < 1.29 is 19.1 Å². The Hall–Kier alpha value is -3.00. The zero-order valence-corrected chi connectivity index (χ0v) is 16.0. The van der Waals surface area contributed by atoms with E-state index in [1.165, 1.54) is 14.0 Å². The van der Waals surface area contributed by atoms with E-state index >= 15 is 0 Å². The molecule has 1 aromatic heterocycles. The largest absolute Gasteiger partial charge is 0.367 e. The highest BCUT2D eigenvalue weighted by atomic mass is 16.5. The SMILES string of the molecule is COC(C(=O)Nc1ccnn1C1CCN(C(=O)C(C)=O)CC1)c1ccccc1. The summed E-state index contributed by atoms with van der Waals surface area (Å²) in [5.74, 6) is -0.589. The van der Waals surface area contributed by atoms with Gasteiger partial charge in [0.15, 0.2) is 6.10 Å². The molecular weight excluding hydrogens is 360 g/mol. The number of benzene rings is 1. The summed E-state index contributed by atoms with van der Waals surface area (Å²) < 4.78 is 7.15. The molecule has 0 radical (unpaired) electrons. The number of Topliss-reactive ketones (excluding diaryl/α,β-unsaturated/α-hetero) is 1. The van der Waals surface area contributed by atoms with Crippen LogP contribution in [0.3, 0.4) is 0 Å². The predicted molar refractivity (Wildman–Crippen MR) is 103 cm³/mol. The normalized spacial score (nSPS) is 15.9. The van der Waals surface area contributed by atoms with E-state index in [0.717, 1.165) is 5.56 Å². The Labute approximate surface area is 163 Å². The molecule has 2 amide bonds. The minimum Gasteiger partial charge on any atom is -0.367 e. The topological polar surface area (TPSA) is 93.5 Å². The molecule has 1 saturated heterocycles. The number of aromatic nitrogens is 2. The van der Waals surface area contributed by atoms with E-state index in [1.807, 2.05) is 30.3 Å². The van der Waals surface area contributed by atoms with E-state index in [2.05, 4.69) is 10.4 Å². The molecule has 2 heterocycles. The third kappa shape index (κ3) is 4.28. The molecule has 1 aliphatic heterocycles. The van der Waals surface area contributed by atoms with Gasteiger partial charge in [0.2, 0.25) is 5.78 Å². The molecule has 0 saturated carbocycles. The van der Waals surface area contributed by atoms with Gasteiger partial charge in [-0.2, -0.15) is 5.10 Å². The van der Waals surface area contributed by atoms with Gasteiger partial charge in [0, 0.05) is 33.2 Å². The van der Waals surface area contributed by atoms with Gasteiger partial charge in [0.05, 0.1) is 12.2 Å². The zero-order valence-electron chi connectivity index (χ0n) is 16.0. The standard InChI is InChI=1S/C20H24N4O4/c1-14(25)20(27)23-12-9-16(10-13-23)24-17(8-11-21-24)22-19(26)18(28-2)15-6-4-3-5-7-15/h3-8,11,16,18H,9-10,12-13H2,1-2H3,(H,22,26). The summed E-state index contributed by atoms with van der Waals surface area (Å²) in [7, 11) is 1.50. The van der Waals surface area contributed by atoms with Gasteiger partial charge in [-0.3, -0.25) is 14.4 Å². The molecule has 2 aromatic rings. The predicted octanol–water partition coefficient (Wildman–Crippen LogP) is 1.96. The minimum atomic E-state index is -0.723. The Morgan fingerprint density at radius 3 is 2.43 bits per heavy atom. The second-order valence-electron chi connectivity index (χ2n) is 6.76. The Bertz CT molecular complexity index is 841. The molecular formula is C20H24N4O4. The van der Waals surface area contributed by atoms with E-state index in [1.54, 1.807) is 21.8 Å². The second-order valence-corrected chi connectivity index (χ2v) is 6.76. The number of nitrogens with zero attached hydrogens (tertiary/aromatic N) is 3. The summed E-state index contributed by atoms with van der Waals surface area (Å²) in [6.45, 7) is 2.26. The maximum absolute atomic E-state index is 12.7. The molecule has 1 fully saturated rings. The summed E-state index contributed by atoms with van der Waals surface area (Å²) in [4.78, 5) is 37.4. The fourth-order valence-electron chi connectivity index (χ4n) is 3.45. The Balaban J connectivity index is 1.67. The lowest BCUT2D eigenvalue weighted by Gasteiger charge is -2.32. The van der Waals surface area contributed by atoms with Crippen molar-refractivity contribution in [1.29, 1.82) is 0 Å². The minimum absolute atomic E-state index is 0.0408. The summed E-state index contributed by atoms with van der Waals surface area (Å²) in [5.41, 5.74) is 0.768. The van der Waals surface area contributed by atoms with Crippen LogP contribution in [0.2, 0.25) is 0 Å². The van der Waals surface area contributed by atoms with Crippen molar-refractivity contribution in [3.05, 3.63) is 48.2 Å². The van der Waals surface area contributed by atoms with Crippen LogP contribution in [0.5, 0.6) is 0 Å². The maximum atomic E-state index is 12.7. The van der Waals surface area contributed by atoms with Gasteiger partial charge >= 0.3 is 0 Å². The molecule has 3 rings (SSSR count). The molecule has 1 unspecified atom stereocenters. The summed E-state index contributed by atoms with van der Waals surface area (Å²) in [6.07, 6.45) is 2.23. The fourth-order valence-corrected chi connectivity index (χ4v) is 3.45. The Morgan fingerprint density at radius 1 is 1.14 bits per heavy atom. The number of ether oxygens (including phenoxy) is 1. The quantitative estimate of drug-likeness (QED) is 0.769. The lowest BCUT2D eigenvalue weighted by atomic mass is 10.0. The van der Waals surface area contributed by atoms with Crippen LogP contribution in [0.1, 0.15) is 37.5 Å². The summed E-state index contributed by atoms with van der Waals surface area (Å²) in [6, 6.07) is 11.1. The van der Waals surface area contributed by atoms with Gasteiger partial charge in [-0.15, -0.1) is 0 Å². The van der Waals surface area contributed by atoms with Crippen LogP contribution < -0.4 is 5.32 Å². The van der Waals surface area contributed by atoms with Crippen LogP contribution in [0.25, 0.3) is 0 Å². The lowest BCUT2D eigenvalue weighted by Crippen LogP contribution is -2.42. The Morgan fingerprint density at radius 2 is 1.82 bits per heavy atom. The molecule has 8 heteroatoms. The van der Waals surface area contributed by atoms with Crippen LogP contribution in [0, 0.1) is 0 Å². The fraction of sp³-hybridized carbons (Fsp3) is 0.400. The van der Waals surface area contributed by atoms with Crippen LogP contribution in [-0.2, 0) is 19.1 Å². The molecule has 0 aliphatic carbocycles. The molecule has 0 bridgehead atoms. The number of hydrogen-bond donors (Lipinski definition) is 1. The number of anilines is 1. The van der Waals surface area contributed by atoms with Crippen molar-refractivity contribution in [2.24, 2.45) is 0 Å². The number of ketones is 1. The number of hydrogen-bond acceptors (Lipinski definition) is 5. The first-order chi connectivity index (χ1) is 13.5. The average Bonchev–Trinajstić information content (AvgIpc) is 3.17. The first-order valence-corrected chi connectivity index (χ1v) is 9.23. The first kappa shape index (κ1) is 19.8. The summed E-state index contributed by atoms with van der Waals surface area (Å²) in [5, 5.41) is 7.24. The van der Waals surface area contributed by atoms with E-state index < -0.39 is 17.8 Å². The molecule has 148 valence electrons. The number of nitrogens with one attached hydrogen (secondary N) is 1.